The summed E-state index contributed by atoms with van der Waals surface area (Å²) in [6, 6.07) is 1.34. The summed E-state index contributed by atoms with van der Waals surface area (Å²) in [5.74, 6) is -5.11. The second-order valence-corrected chi connectivity index (χ2v) is 15.0. The quantitative estimate of drug-likeness (QED) is 0.115. The van der Waals surface area contributed by atoms with Crippen LogP contribution in [0.15, 0.2) is 35.2 Å². The van der Waals surface area contributed by atoms with Gasteiger partial charge >= 0.3 is 11.8 Å². The van der Waals surface area contributed by atoms with Crippen LogP contribution < -0.4 is 9.80 Å². The van der Waals surface area contributed by atoms with E-state index in [9.17, 15) is 21.6 Å². The molecule has 1 aliphatic rings. The smallest absolute Gasteiger partial charge is 0.351 e. The molecule has 242 valence electrons. The van der Waals surface area contributed by atoms with Crippen molar-refractivity contribution in [2.75, 3.05) is 5.06 Å². The molecule has 0 spiro atoms. The van der Waals surface area contributed by atoms with E-state index in [1.54, 1.807) is 13.8 Å². The highest BCUT2D eigenvalue weighted by atomic mass is 35.5. The fraction of sp³-hybridized carbons (Fsp3) is 0.613. The Bertz CT molecular complexity index is 1380. The van der Waals surface area contributed by atoms with Crippen LogP contribution in [0.3, 0.4) is 0 Å². The topological polar surface area (TPSA) is 55.8 Å². The van der Waals surface area contributed by atoms with Crippen LogP contribution >= 0.6 is 11.6 Å². The van der Waals surface area contributed by atoms with Gasteiger partial charge < -0.3 is 4.74 Å². The molecule has 0 N–H and O–H groups in total. The Labute approximate surface area is 256 Å². The van der Waals surface area contributed by atoms with E-state index in [0.717, 1.165) is 62.8 Å². The van der Waals surface area contributed by atoms with Gasteiger partial charge in [-0.05, 0) is 55.9 Å². The molecule has 0 saturated heterocycles. The number of ether oxygens (including phenoxy) is 1. The molecule has 0 unspecified atom stereocenters. The number of halogens is 6. The first-order chi connectivity index (χ1) is 19.8. The Hall–Kier alpha value is -2.11. The summed E-state index contributed by atoms with van der Waals surface area (Å²) < 4.78 is 104. The van der Waals surface area contributed by atoms with Crippen LogP contribution in [0.4, 0.5) is 27.6 Å². The number of anilines is 1. The van der Waals surface area contributed by atoms with E-state index in [4.69, 9.17) is 21.2 Å². The fourth-order valence-electron chi connectivity index (χ4n) is 5.89. The van der Waals surface area contributed by atoms with Gasteiger partial charge in [0.05, 0.1) is 27.6 Å². The lowest BCUT2D eigenvalue weighted by Crippen LogP contribution is -2.51. The molecule has 43 heavy (non-hydrogen) atoms. The summed E-state index contributed by atoms with van der Waals surface area (Å²) >= 11 is 5.83. The molecule has 2 aromatic carbocycles. The minimum atomic E-state index is -5.33. The molecule has 1 aliphatic heterocycles. The Kier molecular flexibility index (Phi) is 11.1. The van der Waals surface area contributed by atoms with Crippen LogP contribution in [0.1, 0.15) is 92.1 Å². The number of fused-ring (bicyclic) bond motifs is 1. The molecule has 3 rings (SSSR count). The SMILES string of the molecule is CCCCCCCC[C@@H](C(C)(C)C)C(C)(C)ON1c2c(S(=O)(=O)C(F)F)ccc(Oc3ccc(F)c(Cl)c3)c2CC1(F)F. The highest BCUT2D eigenvalue weighted by molar-refractivity contribution is 7.91. The summed E-state index contributed by atoms with van der Waals surface area (Å²) in [4.78, 5) is 5.03. The summed E-state index contributed by atoms with van der Waals surface area (Å²) in [5, 5.41) is -0.121. The standard InChI is InChI=1S/C31H41ClF5NO4S/c1-7-8-9-10-11-12-13-26(29(2,3)4)30(5,6)42-38-27-21(19-31(38,36)37)24(16-17-25(27)43(39,40)28(34)35)41-20-14-15-23(33)22(32)18-20/h14-18,26,28H,7-13,19H2,1-6H3/t26-/m0/s1. The lowest BCUT2D eigenvalue weighted by Gasteiger charge is -2.45. The molecule has 0 bridgehead atoms. The molecule has 5 nitrogen and oxygen atoms in total. The van der Waals surface area contributed by atoms with Crippen LogP contribution in [-0.4, -0.2) is 25.8 Å². The van der Waals surface area contributed by atoms with Crippen molar-refractivity contribution in [2.45, 2.75) is 115 Å². The lowest BCUT2D eigenvalue weighted by atomic mass is 9.69. The lowest BCUT2D eigenvalue weighted by molar-refractivity contribution is -0.174. The summed E-state index contributed by atoms with van der Waals surface area (Å²) in [7, 11) is -5.33. The molecule has 0 aliphatic carbocycles. The van der Waals surface area contributed by atoms with Crippen molar-refractivity contribution in [3.8, 4) is 11.5 Å². The number of sulfone groups is 1. The van der Waals surface area contributed by atoms with Gasteiger partial charge in [0.25, 0.3) is 0 Å². The van der Waals surface area contributed by atoms with Gasteiger partial charge in [-0.15, -0.1) is 0 Å². The number of hydrogen-bond acceptors (Lipinski definition) is 5. The van der Waals surface area contributed by atoms with E-state index in [1.165, 1.54) is 6.07 Å². The highest BCUT2D eigenvalue weighted by Crippen LogP contribution is 2.52. The third-order valence-electron chi connectivity index (χ3n) is 7.81. The fourth-order valence-corrected chi connectivity index (χ4v) is 6.99. The molecule has 2 aromatic rings. The van der Waals surface area contributed by atoms with Crippen molar-refractivity contribution in [1.29, 1.82) is 0 Å². The average molecular weight is 654 g/mol. The van der Waals surface area contributed by atoms with Crippen LogP contribution in [0.5, 0.6) is 11.5 Å². The molecule has 0 fully saturated rings. The number of hydroxylamine groups is 1. The minimum absolute atomic E-state index is 0.0205. The molecular weight excluding hydrogens is 613 g/mol. The second-order valence-electron chi connectivity index (χ2n) is 12.7. The number of hydrogen-bond donors (Lipinski definition) is 0. The number of nitrogens with zero attached hydrogens (tertiary/aromatic N) is 1. The van der Waals surface area contributed by atoms with Crippen molar-refractivity contribution in [1.82, 2.24) is 0 Å². The van der Waals surface area contributed by atoms with Gasteiger partial charge in [0.1, 0.15) is 17.3 Å². The zero-order valence-electron chi connectivity index (χ0n) is 25.5. The second kappa shape index (κ2) is 13.5. The normalized spacial score (nSPS) is 16.1. The van der Waals surface area contributed by atoms with Crippen LogP contribution in [0, 0.1) is 17.2 Å². The van der Waals surface area contributed by atoms with Crippen molar-refractivity contribution in [2.24, 2.45) is 11.3 Å². The first-order valence-corrected chi connectivity index (χ1v) is 16.4. The Morgan fingerprint density at radius 3 is 2.21 bits per heavy atom. The molecule has 12 heteroatoms. The van der Waals surface area contributed by atoms with Gasteiger partial charge in [-0.1, -0.05) is 77.8 Å². The van der Waals surface area contributed by atoms with Gasteiger partial charge in [0.2, 0.25) is 9.84 Å². The third-order valence-corrected chi connectivity index (χ3v) is 9.51. The molecule has 0 radical (unpaired) electrons. The third kappa shape index (κ3) is 8.14. The molecular formula is C31H41ClF5NO4S. The van der Waals surface area contributed by atoms with E-state index in [0.29, 0.717) is 6.42 Å². The monoisotopic (exact) mass is 653 g/mol. The van der Waals surface area contributed by atoms with E-state index in [-0.39, 0.29) is 33.1 Å². The van der Waals surface area contributed by atoms with Gasteiger partial charge in [0, 0.05) is 11.6 Å². The first-order valence-electron chi connectivity index (χ1n) is 14.5. The van der Waals surface area contributed by atoms with Gasteiger partial charge in [0.15, 0.2) is 0 Å². The maximum absolute atomic E-state index is 15.8. The van der Waals surface area contributed by atoms with E-state index in [1.807, 2.05) is 20.8 Å². The largest absolute Gasteiger partial charge is 0.457 e. The Balaban J connectivity index is 2.06. The van der Waals surface area contributed by atoms with Crippen LogP contribution in [0.2, 0.25) is 5.02 Å². The van der Waals surface area contributed by atoms with E-state index < -0.39 is 55.5 Å². The zero-order valence-corrected chi connectivity index (χ0v) is 27.0. The molecule has 0 amide bonds. The number of unbranched alkanes of at least 4 members (excludes halogenated alkanes) is 5. The number of rotatable bonds is 14. The zero-order chi connectivity index (χ0) is 32.4. The van der Waals surface area contributed by atoms with Crippen LogP contribution in [0.25, 0.3) is 0 Å². The Morgan fingerprint density at radius 2 is 1.63 bits per heavy atom. The van der Waals surface area contributed by atoms with Gasteiger partial charge in [-0.3, -0.25) is 4.84 Å². The molecule has 1 atom stereocenters. The van der Waals surface area contributed by atoms with Crippen molar-refractivity contribution < 1.29 is 39.9 Å². The number of alkyl halides is 4. The summed E-state index contributed by atoms with van der Waals surface area (Å²) in [6.07, 6.45) is 5.82. The summed E-state index contributed by atoms with van der Waals surface area (Å²) in [6.45, 7) is 11.4. The maximum atomic E-state index is 15.8. The Morgan fingerprint density at radius 1 is 1.00 bits per heavy atom. The summed E-state index contributed by atoms with van der Waals surface area (Å²) in [5.41, 5.74) is -2.71. The highest BCUT2D eigenvalue weighted by Gasteiger charge is 2.54. The van der Waals surface area contributed by atoms with Crippen molar-refractivity contribution in [3.05, 3.63) is 46.7 Å². The average Bonchev–Trinajstić information content (AvgIpc) is 3.14. The predicted molar refractivity (Wildman–Crippen MR) is 158 cm³/mol. The molecule has 1 heterocycles. The molecule has 0 aromatic heterocycles. The van der Waals surface area contributed by atoms with Gasteiger partial charge in [-0.25, -0.2) is 12.8 Å². The van der Waals surface area contributed by atoms with Crippen LogP contribution in [-0.2, 0) is 21.1 Å². The van der Waals surface area contributed by atoms with Crippen molar-refractivity contribution in [3.63, 3.8) is 0 Å². The first kappa shape index (κ1) is 35.4. The predicted octanol–water partition coefficient (Wildman–Crippen LogP) is 10.3. The van der Waals surface area contributed by atoms with E-state index >= 15 is 8.78 Å². The van der Waals surface area contributed by atoms with Gasteiger partial charge in [-0.2, -0.15) is 22.6 Å². The number of benzene rings is 2. The minimum Gasteiger partial charge on any atom is -0.457 e. The molecule has 0 saturated carbocycles. The van der Waals surface area contributed by atoms with Crippen molar-refractivity contribution >= 4 is 27.1 Å². The maximum Gasteiger partial charge on any atom is 0.351 e. The van der Waals surface area contributed by atoms with E-state index in [2.05, 4.69) is 6.92 Å².